The Kier molecular flexibility index (Phi) is 4.74. The number of rotatable bonds is 4. The van der Waals surface area contributed by atoms with E-state index in [0.29, 0.717) is 5.92 Å². The highest BCUT2D eigenvalue weighted by molar-refractivity contribution is 5.73. The molecule has 0 fully saturated rings. The van der Waals surface area contributed by atoms with Gasteiger partial charge in [-0.1, -0.05) is 85.8 Å². The number of benzene rings is 2. The SMILES string of the molecule is C/C=C(\C=C/C(C)c1ccccc1)c1ccccc1. The predicted molar refractivity (Wildman–Crippen MR) is 84.1 cm³/mol. The van der Waals surface area contributed by atoms with Gasteiger partial charge in [-0.2, -0.15) is 0 Å². The van der Waals surface area contributed by atoms with Crippen LogP contribution in [-0.2, 0) is 0 Å². The van der Waals surface area contributed by atoms with E-state index >= 15 is 0 Å². The standard InChI is InChI=1S/C19H20/c1-3-17(19-12-8-5-9-13-19)15-14-16(2)18-10-6-4-7-11-18/h3-16H,1-2H3/b15-14-,17-3+. The smallest absolute Gasteiger partial charge is 0.000711 e. The van der Waals surface area contributed by atoms with Crippen LogP contribution in [0.2, 0.25) is 0 Å². The lowest BCUT2D eigenvalue weighted by Gasteiger charge is -2.07. The van der Waals surface area contributed by atoms with Crippen molar-refractivity contribution in [3.8, 4) is 0 Å². The summed E-state index contributed by atoms with van der Waals surface area (Å²) in [7, 11) is 0. The van der Waals surface area contributed by atoms with Crippen molar-refractivity contribution < 1.29 is 0 Å². The van der Waals surface area contributed by atoms with Crippen LogP contribution < -0.4 is 0 Å². The highest BCUT2D eigenvalue weighted by Crippen LogP contribution is 2.20. The molecular weight excluding hydrogens is 228 g/mol. The fourth-order valence-electron chi connectivity index (χ4n) is 2.11. The zero-order valence-corrected chi connectivity index (χ0v) is 11.6. The van der Waals surface area contributed by atoms with E-state index in [0.717, 1.165) is 0 Å². The van der Waals surface area contributed by atoms with Gasteiger partial charge in [0.15, 0.2) is 0 Å². The zero-order chi connectivity index (χ0) is 13.5. The molecule has 0 amide bonds. The van der Waals surface area contributed by atoms with Crippen LogP contribution in [0.25, 0.3) is 5.57 Å². The summed E-state index contributed by atoms with van der Waals surface area (Å²) in [6.07, 6.45) is 6.63. The van der Waals surface area contributed by atoms with Crippen LogP contribution in [0.15, 0.2) is 78.9 Å². The maximum atomic E-state index is 2.26. The highest BCUT2D eigenvalue weighted by Gasteiger charge is 2.01. The molecule has 19 heavy (non-hydrogen) atoms. The normalized spacial score (nSPS) is 13.7. The molecular formula is C19H20. The van der Waals surface area contributed by atoms with E-state index in [4.69, 9.17) is 0 Å². The Morgan fingerprint density at radius 3 is 2.05 bits per heavy atom. The topological polar surface area (TPSA) is 0 Å². The van der Waals surface area contributed by atoms with Gasteiger partial charge in [0.2, 0.25) is 0 Å². The first-order valence-corrected chi connectivity index (χ1v) is 6.76. The molecule has 0 N–H and O–H groups in total. The Hall–Kier alpha value is -2.08. The minimum absolute atomic E-state index is 0.430. The predicted octanol–water partition coefficient (Wildman–Crippen LogP) is 5.45. The van der Waals surface area contributed by atoms with Gasteiger partial charge in [-0.25, -0.2) is 0 Å². The molecule has 0 radical (unpaired) electrons. The van der Waals surface area contributed by atoms with Gasteiger partial charge in [0.1, 0.15) is 0 Å². The first-order chi connectivity index (χ1) is 9.31. The van der Waals surface area contributed by atoms with Crippen LogP contribution in [0.1, 0.15) is 30.9 Å². The van der Waals surface area contributed by atoms with Gasteiger partial charge in [0.05, 0.1) is 0 Å². The van der Waals surface area contributed by atoms with E-state index in [1.54, 1.807) is 0 Å². The van der Waals surface area contributed by atoms with Gasteiger partial charge < -0.3 is 0 Å². The van der Waals surface area contributed by atoms with Crippen LogP contribution in [0.5, 0.6) is 0 Å². The lowest BCUT2D eigenvalue weighted by atomic mass is 9.98. The van der Waals surface area contributed by atoms with Crippen LogP contribution in [-0.4, -0.2) is 0 Å². The largest absolute Gasteiger partial charge is 0.0798 e. The average Bonchev–Trinajstić information content (AvgIpc) is 2.49. The first kappa shape index (κ1) is 13.4. The zero-order valence-electron chi connectivity index (χ0n) is 11.6. The lowest BCUT2D eigenvalue weighted by Crippen LogP contribution is -1.88. The third-order valence-electron chi connectivity index (χ3n) is 3.31. The van der Waals surface area contributed by atoms with Gasteiger partial charge in [0, 0.05) is 0 Å². The summed E-state index contributed by atoms with van der Waals surface area (Å²) in [4.78, 5) is 0. The molecule has 0 bridgehead atoms. The molecule has 2 rings (SSSR count). The average molecular weight is 248 g/mol. The van der Waals surface area contributed by atoms with Crippen LogP contribution in [0.4, 0.5) is 0 Å². The Labute approximate surface area is 116 Å². The fourth-order valence-corrected chi connectivity index (χ4v) is 2.11. The third kappa shape index (κ3) is 3.69. The van der Waals surface area contributed by atoms with Gasteiger partial charge in [-0.05, 0) is 29.5 Å². The molecule has 0 aromatic heterocycles. The van der Waals surface area contributed by atoms with Crippen molar-refractivity contribution >= 4 is 5.57 Å². The molecule has 0 heteroatoms. The van der Waals surface area contributed by atoms with E-state index in [-0.39, 0.29) is 0 Å². The molecule has 2 aromatic rings. The molecule has 0 aliphatic heterocycles. The summed E-state index contributed by atoms with van der Waals surface area (Å²) >= 11 is 0. The van der Waals surface area contributed by atoms with Crippen LogP contribution in [0, 0.1) is 0 Å². The molecule has 0 aliphatic carbocycles. The second kappa shape index (κ2) is 6.75. The Morgan fingerprint density at radius 2 is 1.47 bits per heavy atom. The van der Waals surface area contributed by atoms with Gasteiger partial charge >= 0.3 is 0 Å². The number of allylic oxidation sites excluding steroid dienone is 4. The molecule has 2 aromatic carbocycles. The second-order valence-electron chi connectivity index (χ2n) is 4.67. The minimum atomic E-state index is 0.430. The van der Waals surface area contributed by atoms with Gasteiger partial charge in [-0.15, -0.1) is 0 Å². The van der Waals surface area contributed by atoms with Crippen molar-refractivity contribution in [1.29, 1.82) is 0 Å². The molecule has 1 atom stereocenters. The van der Waals surface area contributed by atoms with Crippen molar-refractivity contribution in [2.75, 3.05) is 0 Å². The van der Waals surface area contributed by atoms with Crippen molar-refractivity contribution in [2.45, 2.75) is 19.8 Å². The minimum Gasteiger partial charge on any atom is -0.0798 e. The van der Waals surface area contributed by atoms with Gasteiger partial charge in [-0.3, -0.25) is 0 Å². The lowest BCUT2D eigenvalue weighted by molar-refractivity contribution is 0.968. The molecule has 0 heterocycles. The Balaban J connectivity index is 2.14. The van der Waals surface area contributed by atoms with Crippen LogP contribution >= 0.6 is 0 Å². The molecule has 0 saturated heterocycles. The molecule has 0 spiro atoms. The van der Waals surface area contributed by atoms with E-state index in [1.165, 1.54) is 16.7 Å². The van der Waals surface area contributed by atoms with Crippen molar-refractivity contribution in [3.63, 3.8) is 0 Å². The second-order valence-corrected chi connectivity index (χ2v) is 4.67. The van der Waals surface area contributed by atoms with Crippen molar-refractivity contribution in [3.05, 3.63) is 90.0 Å². The highest BCUT2D eigenvalue weighted by atomic mass is 14.1. The quantitative estimate of drug-likeness (QED) is 0.631. The van der Waals surface area contributed by atoms with Crippen LogP contribution in [0.3, 0.4) is 0 Å². The van der Waals surface area contributed by atoms with E-state index in [2.05, 4.69) is 86.7 Å². The Bertz CT molecular complexity index is 547. The summed E-state index contributed by atoms with van der Waals surface area (Å²) < 4.78 is 0. The van der Waals surface area contributed by atoms with E-state index < -0.39 is 0 Å². The van der Waals surface area contributed by atoms with Gasteiger partial charge in [0.25, 0.3) is 0 Å². The Morgan fingerprint density at radius 1 is 0.895 bits per heavy atom. The summed E-state index contributed by atoms with van der Waals surface area (Å²) in [5.41, 5.74) is 3.88. The molecule has 1 unspecified atom stereocenters. The summed E-state index contributed by atoms with van der Waals surface area (Å²) in [5.74, 6) is 0.430. The summed E-state index contributed by atoms with van der Waals surface area (Å²) in [6, 6.07) is 21.1. The van der Waals surface area contributed by atoms with Crippen molar-refractivity contribution in [1.82, 2.24) is 0 Å². The molecule has 0 nitrogen and oxygen atoms in total. The maximum Gasteiger partial charge on any atom is -0.000711 e. The molecule has 96 valence electrons. The maximum absolute atomic E-state index is 2.26. The fraction of sp³-hybridized carbons (Fsp3) is 0.158. The first-order valence-electron chi connectivity index (χ1n) is 6.76. The number of hydrogen-bond donors (Lipinski definition) is 0. The van der Waals surface area contributed by atoms with Crippen molar-refractivity contribution in [2.24, 2.45) is 0 Å². The third-order valence-corrected chi connectivity index (χ3v) is 3.31. The van der Waals surface area contributed by atoms with E-state index in [1.807, 2.05) is 6.07 Å². The summed E-state index contributed by atoms with van der Waals surface area (Å²) in [6.45, 7) is 4.31. The molecule has 0 aliphatic rings. The number of hydrogen-bond acceptors (Lipinski definition) is 0. The van der Waals surface area contributed by atoms with E-state index in [9.17, 15) is 0 Å². The summed E-state index contributed by atoms with van der Waals surface area (Å²) in [5, 5.41) is 0. The monoisotopic (exact) mass is 248 g/mol. The molecule has 0 saturated carbocycles.